The van der Waals surface area contributed by atoms with Crippen molar-refractivity contribution in [2.45, 2.75) is 6.54 Å². The normalized spacial score (nSPS) is 11.0. The molecule has 2 aromatic heterocycles. The van der Waals surface area contributed by atoms with Crippen LogP contribution in [-0.4, -0.2) is 45.3 Å². The number of nitrogens with zero attached hydrogens (tertiary/aromatic N) is 4. The Hall–Kier alpha value is -1.79. The number of hydrogen-bond acceptors (Lipinski definition) is 6. The molecule has 0 aliphatic rings. The summed E-state index contributed by atoms with van der Waals surface area (Å²) in [6.45, 7) is 1.19. The smallest absolute Gasteiger partial charge is 0.241 e. The Kier molecular flexibility index (Phi) is 3.79. The molecule has 0 aliphatic heterocycles. The zero-order chi connectivity index (χ0) is 12.1. The second-order valence-corrected chi connectivity index (χ2v) is 3.69. The SMILES string of the molecule is CN(CCO)Cc1nc(-c2ccccn2)no1. The number of hydrogen-bond donors (Lipinski definition) is 1. The maximum atomic E-state index is 8.78. The third kappa shape index (κ3) is 3.08. The average Bonchev–Trinajstić information content (AvgIpc) is 2.79. The van der Waals surface area contributed by atoms with Gasteiger partial charge in [-0.05, 0) is 19.2 Å². The van der Waals surface area contributed by atoms with Crippen molar-refractivity contribution in [1.29, 1.82) is 0 Å². The summed E-state index contributed by atoms with van der Waals surface area (Å²) >= 11 is 0. The summed E-state index contributed by atoms with van der Waals surface area (Å²) in [5.74, 6) is 1.000. The molecule has 6 nitrogen and oxygen atoms in total. The van der Waals surface area contributed by atoms with Crippen LogP contribution in [0.2, 0.25) is 0 Å². The zero-order valence-corrected chi connectivity index (χ0v) is 9.58. The largest absolute Gasteiger partial charge is 0.395 e. The van der Waals surface area contributed by atoms with Crippen LogP contribution in [0.3, 0.4) is 0 Å². The molecule has 0 saturated heterocycles. The van der Waals surface area contributed by atoms with E-state index in [0.29, 0.717) is 30.5 Å². The van der Waals surface area contributed by atoms with Gasteiger partial charge < -0.3 is 9.63 Å². The lowest BCUT2D eigenvalue weighted by molar-refractivity contribution is 0.200. The van der Waals surface area contributed by atoms with Gasteiger partial charge in [-0.3, -0.25) is 9.88 Å². The van der Waals surface area contributed by atoms with E-state index < -0.39 is 0 Å². The molecule has 2 rings (SSSR count). The Morgan fingerprint density at radius 1 is 1.41 bits per heavy atom. The molecular formula is C11H14N4O2. The van der Waals surface area contributed by atoms with E-state index in [1.807, 2.05) is 30.1 Å². The second-order valence-electron chi connectivity index (χ2n) is 3.69. The van der Waals surface area contributed by atoms with Crippen molar-refractivity contribution in [1.82, 2.24) is 20.0 Å². The van der Waals surface area contributed by atoms with Crippen molar-refractivity contribution in [2.24, 2.45) is 0 Å². The van der Waals surface area contributed by atoms with Gasteiger partial charge in [-0.25, -0.2) is 0 Å². The molecule has 17 heavy (non-hydrogen) atoms. The molecule has 0 spiro atoms. The predicted molar refractivity (Wildman–Crippen MR) is 60.9 cm³/mol. The fourth-order valence-electron chi connectivity index (χ4n) is 1.40. The van der Waals surface area contributed by atoms with Crippen molar-refractivity contribution in [3.63, 3.8) is 0 Å². The van der Waals surface area contributed by atoms with Gasteiger partial charge in [0.1, 0.15) is 5.69 Å². The summed E-state index contributed by atoms with van der Waals surface area (Å²) in [6.07, 6.45) is 1.68. The lowest BCUT2D eigenvalue weighted by atomic mass is 10.3. The molecule has 0 radical (unpaired) electrons. The summed E-state index contributed by atoms with van der Waals surface area (Å²) in [5, 5.41) is 12.6. The maximum absolute atomic E-state index is 8.78. The lowest BCUT2D eigenvalue weighted by Crippen LogP contribution is -2.21. The van der Waals surface area contributed by atoms with Crippen molar-refractivity contribution < 1.29 is 9.63 Å². The molecule has 0 saturated carbocycles. The van der Waals surface area contributed by atoms with Crippen LogP contribution in [0.25, 0.3) is 11.5 Å². The number of aliphatic hydroxyl groups excluding tert-OH is 1. The number of pyridine rings is 1. The quantitative estimate of drug-likeness (QED) is 0.814. The minimum absolute atomic E-state index is 0.109. The highest BCUT2D eigenvalue weighted by atomic mass is 16.5. The fraction of sp³-hybridized carbons (Fsp3) is 0.364. The van der Waals surface area contributed by atoms with Gasteiger partial charge in [-0.2, -0.15) is 4.98 Å². The third-order valence-electron chi connectivity index (χ3n) is 2.25. The van der Waals surface area contributed by atoms with Gasteiger partial charge in [-0.1, -0.05) is 11.2 Å². The summed E-state index contributed by atoms with van der Waals surface area (Å²) in [7, 11) is 1.88. The van der Waals surface area contributed by atoms with Gasteiger partial charge in [0.2, 0.25) is 11.7 Å². The van der Waals surface area contributed by atoms with Crippen LogP contribution in [0.15, 0.2) is 28.9 Å². The molecule has 2 aromatic rings. The monoisotopic (exact) mass is 234 g/mol. The van der Waals surface area contributed by atoms with E-state index in [-0.39, 0.29) is 6.61 Å². The fourth-order valence-corrected chi connectivity index (χ4v) is 1.40. The molecule has 0 unspecified atom stereocenters. The molecule has 1 N–H and O–H groups in total. The highest BCUT2D eigenvalue weighted by Gasteiger charge is 2.10. The Bertz CT molecular complexity index is 458. The summed E-state index contributed by atoms with van der Waals surface area (Å²) in [5.41, 5.74) is 0.687. The van der Waals surface area contributed by atoms with E-state index in [1.165, 1.54) is 0 Å². The molecule has 6 heteroatoms. The predicted octanol–water partition coefficient (Wildman–Crippen LogP) is 0.556. The Morgan fingerprint density at radius 3 is 3.00 bits per heavy atom. The minimum Gasteiger partial charge on any atom is -0.395 e. The molecule has 0 atom stereocenters. The van der Waals surface area contributed by atoms with Crippen molar-refractivity contribution >= 4 is 0 Å². The minimum atomic E-state index is 0.109. The molecule has 0 fully saturated rings. The Morgan fingerprint density at radius 2 is 2.29 bits per heavy atom. The topological polar surface area (TPSA) is 75.3 Å². The lowest BCUT2D eigenvalue weighted by Gasteiger charge is -2.10. The van der Waals surface area contributed by atoms with Crippen LogP contribution < -0.4 is 0 Å². The van der Waals surface area contributed by atoms with Gasteiger partial charge in [0.05, 0.1) is 13.2 Å². The second kappa shape index (κ2) is 5.51. The molecule has 0 amide bonds. The van der Waals surface area contributed by atoms with E-state index in [4.69, 9.17) is 9.63 Å². The molecule has 0 bridgehead atoms. The van der Waals surface area contributed by atoms with Crippen molar-refractivity contribution in [2.75, 3.05) is 20.2 Å². The van der Waals surface area contributed by atoms with E-state index in [2.05, 4.69) is 15.1 Å². The third-order valence-corrected chi connectivity index (χ3v) is 2.25. The summed E-state index contributed by atoms with van der Waals surface area (Å²) in [6, 6.07) is 5.53. The first-order chi connectivity index (χ1) is 8.29. The average molecular weight is 234 g/mol. The van der Waals surface area contributed by atoms with Crippen LogP contribution in [0, 0.1) is 0 Å². The van der Waals surface area contributed by atoms with E-state index in [0.717, 1.165) is 0 Å². The molecule has 90 valence electrons. The van der Waals surface area contributed by atoms with Crippen LogP contribution in [0.4, 0.5) is 0 Å². The van der Waals surface area contributed by atoms with E-state index in [9.17, 15) is 0 Å². The number of aliphatic hydroxyl groups is 1. The molecule has 0 aromatic carbocycles. The first-order valence-corrected chi connectivity index (χ1v) is 5.33. The van der Waals surface area contributed by atoms with Gasteiger partial charge in [0.25, 0.3) is 0 Å². The summed E-state index contributed by atoms with van der Waals surface area (Å²) in [4.78, 5) is 10.3. The van der Waals surface area contributed by atoms with Gasteiger partial charge >= 0.3 is 0 Å². The van der Waals surface area contributed by atoms with Crippen LogP contribution in [0.1, 0.15) is 5.89 Å². The Balaban J connectivity index is 2.06. The maximum Gasteiger partial charge on any atom is 0.241 e. The summed E-state index contributed by atoms with van der Waals surface area (Å²) < 4.78 is 5.11. The van der Waals surface area contributed by atoms with Gasteiger partial charge in [0, 0.05) is 12.7 Å². The number of aromatic nitrogens is 3. The first kappa shape index (κ1) is 11.7. The highest BCUT2D eigenvalue weighted by Crippen LogP contribution is 2.12. The Labute approximate surface area is 98.9 Å². The highest BCUT2D eigenvalue weighted by molar-refractivity contribution is 5.46. The zero-order valence-electron chi connectivity index (χ0n) is 9.58. The van der Waals surface area contributed by atoms with E-state index in [1.54, 1.807) is 6.20 Å². The molecular weight excluding hydrogens is 220 g/mol. The van der Waals surface area contributed by atoms with Crippen LogP contribution in [0.5, 0.6) is 0 Å². The van der Waals surface area contributed by atoms with E-state index >= 15 is 0 Å². The van der Waals surface area contributed by atoms with Crippen molar-refractivity contribution in [3.8, 4) is 11.5 Å². The number of likely N-dealkylation sites (N-methyl/N-ethyl adjacent to an activating group) is 1. The number of rotatable bonds is 5. The van der Waals surface area contributed by atoms with Gasteiger partial charge in [-0.15, -0.1) is 0 Å². The van der Waals surface area contributed by atoms with Crippen molar-refractivity contribution in [3.05, 3.63) is 30.3 Å². The van der Waals surface area contributed by atoms with Gasteiger partial charge in [0.15, 0.2) is 0 Å². The first-order valence-electron chi connectivity index (χ1n) is 5.33. The molecule has 2 heterocycles. The van der Waals surface area contributed by atoms with Crippen LogP contribution >= 0.6 is 0 Å². The standard InChI is InChI=1S/C11H14N4O2/c1-15(6-7-16)8-10-13-11(14-17-10)9-4-2-3-5-12-9/h2-5,16H,6-8H2,1H3. The van der Waals surface area contributed by atoms with Crippen LogP contribution in [-0.2, 0) is 6.54 Å². The molecule has 0 aliphatic carbocycles.